The van der Waals surface area contributed by atoms with Crippen molar-refractivity contribution in [3.63, 3.8) is 0 Å². The second-order valence-corrected chi connectivity index (χ2v) is 2.05. The SMILES string of the molecule is Cn1ncc(Cl)c1N=C=O. The standard InChI is InChI=1S/C5H4ClN3O/c1-9-5(7-3-10)4(6)2-8-9/h2H,1H3. The lowest BCUT2D eigenvalue weighted by Gasteiger charge is -1.88. The molecule has 0 bridgehead atoms. The number of hydrogen-bond donors (Lipinski definition) is 0. The van der Waals surface area contributed by atoms with Crippen LogP contribution in [0, 0.1) is 0 Å². The number of halogens is 1. The van der Waals surface area contributed by atoms with Gasteiger partial charge >= 0.3 is 0 Å². The van der Waals surface area contributed by atoms with E-state index in [0.717, 1.165) is 0 Å². The normalized spacial score (nSPS) is 9.00. The first-order chi connectivity index (χ1) is 4.75. The minimum Gasteiger partial charge on any atom is -0.249 e. The Hall–Kier alpha value is -1.12. The van der Waals surface area contributed by atoms with Gasteiger partial charge in [-0.2, -0.15) is 5.10 Å². The van der Waals surface area contributed by atoms with Gasteiger partial charge < -0.3 is 0 Å². The van der Waals surface area contributed by atoms with E-state index < -0.39 is 0 Å². The van der Waals surface area contributed by atoms with Crippen LogP contribution >= 0.6 is 11.6 Å². The zero-order valence-corrected chi connectivity index (χ0v) is 5.96. The zero-order chi connectivity index (χ0) is 7.56. The van der Waals surface area contributed by atoms with Crippen LogP contribution in [0.3, 0.4) is 0 Å². The van der Waals surface area contributed by atoms with Gasteiger partial charge in [0.2, 0.25) is 6.08 Å². The lowest BCUT2D eigenvalue weighted by molar-refractivity contribution is 0.564. The van der Waals surface area contributed by atoms with Gasteiger partial charge in [-0.15, -0.1) is 4.99 Å². The maximum atomic E-state index is 9.79. The van der Waals surface area contributed by atoms with Crippen molar-refractivity contribution in [2.75, 3.05) is 0 Å². The van der Waals surface area contributed by atoms with E-state index >= 15 is 0 Å². The van der Waals surface area contributed by atoms with Gasteiger partial charge in [0.1, 0.15) is 5.02 Å². The van der Waals surface area contributed by atoms with Crippen LogP contribution in [0.25, 0.3) is 0 Å². The van der Waals surface area contributed by atoms with Crippen LogP contribution < -0.4 is 0 Å². The van der Waals surface area contributed by atoms with E-state index in [-0.39, 0.29) is 0 Å². The molecule has 52 valence electrons. The predicted octanol–water partition coefficient (Wildman–Crippen LogP) is 1.04. The Morgan fingerprint density at radius 3 is 3.00 bits per heavy atom. The predicted molar refractivity (Wildman–Crippen MR) is 36.0 cm³/mol. The lowest BCUT2D eigenvalue weighted by atomic mass is 10.6. The molecule has 5 heteroatoms. The molecule has 0 aliphatic heterocycles. The fraction of sp³-hybridized carbons (Fsp3) is 0.200. The smallest absolute Gasteiger partial charge is 0.242 e. The third-order valence-corrected chi connectivity index (χ3v) is 1.28. The molecular weight excluding hydrogens is 154 g/mol. The minimum absolute atomic E-state index is 0.330. The van der Waals surface area contributed by atoms with Crippen LogP contribution in [0.15, 0.2) is 11.2 Å². The Morgan fingerprint density at radius 2 is 2.60 bits per heavy atom. The summed E-state index contributed by atoms with van der Waals surface area (Å²) < 4.78 is 1.40. The number of aryl methyl sites for hydroxylation is 1. The number of aromatic nitrogens is 2. The number of isocyanates is 1. The molecule has 0 aromatic carbocycles. The van der Waals surface area contributed by atoms with E-state index in [0.29, 0.717) is 10.8 Å². The molecule has 1 aromatic heterocycles. The van der Waals surface area contributed by atoms with Crippen molar-refractivity contribution in [2.45, 2.75) is 0 Å². The second-order valence-electron chi connectivity index (χ2n) is 1.64. The molecule has 0 fully saturated rings. The number of carbonyl (C=O) groups excluding carboxylic acids is 1. The van der Waals surface area contributed by atoms with Gasteiger partial charge in [0, 0.05) is 7.05 Å². The summed E-state index contributed by atoms with van der Waals surface area (Å²) in [6, 6.07) is 0. The van der Waals surface area contributed by atoms with Crippen molar-refractivity contribution in [3.05, 3.63) is 11.2 Å². The Bertz CT molecular complexity index is 268. The number of aliphatic imine (C=N–C) groups is 1. The second kappa shape index (κ2) is 2.64. The van der Waals surface area contributed by atoms with Gasteiger partial charge in [-0.1, -0.05) is 11.6 Å². The highest BCUT2D eigenvalue weighted by Gasteiger charge is 2.02. The van der Waals surface area contributed by atoms with E-state index in [1.807, 2.05) is 0 Å². The molecule has 0 aliphatic rings. The van der Waals surface area contributed by atoms with E-state index in [2.05, 4.69) is 10.1 Å². The quantitative estimate of drug-likeness (QED) is 0.452. The highest BCUT2D eigenvalue weighted by molar-refractivity contribution is 6.32. The summed E-state index contributed by atoms with van der Waals surface area (Å²) in [6.45, 7) is 0. The highest BCUT2D eigenvalue weighted by atomic mass is 35.5. The average Bonchev–Trinajstić information content (AvgIpc) is 2.20. The van der Waals surface area contributed by atoms with Crippen molar-refractivity contribution in [3.8, 4) is 0 Å². The number of rotatable bonds is 1. The van der Waals surface area contributed by atoms with Gasteiger partial charge in [-0.3, -0.25) is 0 Å². The van der Waals surface area contributed by atoms with Gasteiger partial charge in [-0.05, 0) is 0 Å². The summed E-state index contributed by atoms with van der Waals surface area (Å²) in [5, 5.41) is 4.10. The minimum atomic E-state index is 0.330. The molecule has 1 heterocycles. The monoisotopic (exact) mass is 157 g/mol. The van der Waals surface area contributed by atoms with Crippen molar-refractivity contribution < 1.29 is 4.79 Å². The molecule has 10 heavy (non-hydrogen) atoms. The van der Waals surface area contributed by atoms with E-state index in [1.54, 1.807) is 7.05 Å². The molecular formula is C5H4ClN3O. The average molecular weight is 158 g/mol. The van der Waals surface area contributed by atoms with E-state index in [4.69, 9.17) is 11.6 Å². The first-order valence-corrected chi connectivity index (χ1v) is 2.89. The number of nitrogens with zero attached hydrogens (tertiary/aromatic N) is 3. The molecule has 0 saturated heterocycles. The first kappa shape index (κ1) is 6.99. The van der Waals surface area contributed by atoms with Gasteiger partial charge in [0.25, 0.3) is 0 Å². The van der Waals surface area contributed by atoms with Crippen LogP contribution in [-0.4, -0.2) is 15.9 Å². The molecule has 0 spiro atoms. The van der Waals surface area contributed by atoms with Crippen LogP contribution in [-0.2, 0) is 11.8 Å². The van der Waals surface area contributed by atoms with Crippen LogP contribution in [0.2, 0.25) is 5.02 Å². The van der Waals surface area contributed by atoms with Crippen molar-refractivity contribution in [2.24, 2.45) is 12.0 Å². The molecule has 0 radical (unpaired) electrons. The first-order valence-electron chi connectivity index (χ1n) is 2.51. The van der Waals surface area contributed by atoms with E-state index in [9.17, 15) is 4.79 Å². The van der Waals surface area contributed by atoms with Gasteiger partial charge in [-0.25, -0.2) is 9.48 Å². The van der Waals surface area contributed by atoms with E-state index in [1.165, 1.54) is 17.0 Å². The molecule has 0 unspecified atom stereocenters. The Kier molecular flexibility index (Phi) is 1.85. The largest absolute Gasteiger partial charge is 0.249 e. The van der Waals surface area contributed by atoms with Crippen molar-refractivity contribution in [1.82, 2.24) is 9.78 Å². The third kappa shape index (κ3) is 1.07. The maximum absolute atomic E-state index is 9.79. The summed E-state index contributed by atoms with van der Waals surface area (Å²) in [6.07, 6.45) is 2.80. The molecule has 0 N–H and O–H groups in total. The van der Waals surface area contributed by atoms with Crippen LogP contribution in [0.5, 0.6) is 0 Å². The topological polar surface area (TPSA) is 47.2 Å². The zero-order valence-electron chi connectivity index (χ0n) is 5.21. The molecule has 0 saturated carbocycles. The van der Waals surface area contributed by atoms with Crippen LogP contribution in [0.1, 0.15) is 0 Å². The lowest BCUT2D eigenvalue weighted by Crippen LogP contribution is -1.87. The fourth-order valence-corrected chi connectivity index (χ4v) is 0.781. The Labute approximate surface area is 62.1 Å². The summed E-state index contributed by atoms with van der Waals surface area (Å²) >= 11 is 5.57. The molecule has 4 nitrogen and oxygen atoms in total. The molecule has 0 atom stereocenters. The molecule has 0 amide bonds. The van der Waals surface area contributed by atoms with Crippen molar-refractivity contribution >= 4 is 23.5 Å². The number of hydrogen-bond acceptors (Lipinski definition) is 3. The van der Waals surface area contributed by atoms with Gasteiger partial charge in [0.05, 0.1) is 6.20 Å². The summed E-state index contributed by atoms with van der Waals surface area (Å²) in [7, 11) is 1.64. The highest BCUT2D eigenvalue weighted by Crippen LogP contribution is 2.21. The molecule has 0 aliphatic carbocycles. The summed E-state index contributed by atoms with van der Waals surface area (Å²) in [5.41, 5.74) is 0. The third-order valence-electron chi connectivity index (χ3n) is 1.02. The summed E-state index contributed by atoms with van der Waals surface area (Å²) in [5.74, 6) is 0.330. The molecule has 1 aromatic rings. The Balaban J connectivity index is 3.22. The maximum Gasteiger partial charge on any atom is 0.242 e. The van der Waals surface area contributed by atoms with Gasteiger partial charge in [0.15, 0.2) is 5.82 Å². The Morgan fingerprint density at radius 1 is 1.90 bits per heavy atom. The summed E-state index contributed by atoms with van der Waals surface area (Å²) in [4.78, 5) is 13.1. The van der Waals surface area contributed by atoms with Crippen molar-refractivity contribution in [1.29, 1.82) is 0 Å². The molecule has 1 rings (SSSR count). The van der Waals surface area contributed by atoms with Crippen LogP contribution in [0.4, 0.5) is 5.82 Å². The fourth-order valence-electron chi connectivity index (χ4n) is 0.573.